The zero-order chi connectivity index (χ0) is 11.3. The normalized spacial score (nSPS) is 10.4. The molecule has 0 bridgehead atoms. The summed E-state index contributed by atoms with van der Waals surface area (Å²) in [6.45, 7) is 6.25. The van der Waals surface area contributed by atoms with Crippen LogP contribution in [-0.2, 0) is 4.79 Å². The summed E-state index contributed by atoms with van der Waals surface area (Å²) in [5.74, 6) is 1.33. The van der Waals surface area contributed by atoms with Crippen molar-refractivity contribution in [2.75, 3.05) is 6.61 Å². The zero-order valence-electron chi connectivity index (χ0n) is 9.62. The van der Waals surface area contributed by atoms with Gasteiger partial charge in [-0.05, 0) is 30.5 Å². The van der Waals surface area contributed by atoms with Gasteiger partial charge in [-0.15, -0.1) is 0 Å². The van der Waals surface area contributed by atoms with E-state index in [0.717, 1.165) is 11.3 Å². The number of aryl methyl sites for hydroxylation is 1. The lowest BCUT2D eigenvalue weighted by molar-refractivity contribution is -0.121. The molecule has 0 spiro atoms. The second-order valence-corrected chi connectivity index (χ2v) is 4.24. The minimum atomic E-state index is 0.159. The van der Waals surface area contributed by atoms with E-state index in [1.165, 1.54) is 0 Å². The van der Waals surface area contributed by atoms with E-state index in [1.54, 1.807) is 0 Å². The topological polar surface area (TPSA) is 26.3 Å². The van der Waals surface area contributed by atoms with E-state index in [-0.39, 0.29) is 12.4 Å². The fraction of sp³-hybridized carbons (Fsp3) is 0.462. The highest BCUT2D eigenvalue weighted by molar-refractivity contribution is 5.80. The predicted molar refractivity (Wildman–Crippen MR) is 61.1 cm³/mol. The molecule has 0 saturated carbocycles. The van der Waals surface area contributed by atoms with Gasteiger partial charge >= 0.3 is 0 Å². The summed E-state index contributed by atoms with van der Waals surface area (Å²) in [6, 6.07) is 7.73. The quantitative estimate of drug-likeness (QED) is 0.740. The summed E-state index contributed by atoms with van der Waals surface area (Å²) in [5.41, 5.74) is 1.14. The number of carbonyl (C=O) groups excluding carboxylic acids is 1. The van der Waals surface area contributed by atoms with Crippen molar-refractivity contribution in [1.82, 2.24) is 0 Å². The van der Waals surface area contributed by atoms with Crippen LogP contribution in [0.15, 0.2) is 24.3 Å². The van der Waals surface area contributed by atoms with E-state index in [0.29, 0.717) is 12.3 Å². The number of rotatable bonds is 5. The van der Waals surface area contributed by atoms with Crippen molar-refractivity contribution in [3.05, 3.63) is 29.8 Å². The molecule has 1 rings (SSSR count). The minimum absolute atomic E-state index is 0.159. The molecule has 1 aromatic rings. The fourth-order valence-electron chi connectivity index (χ4n) is 1.38. The molecule has 0 atom stereocenters. The Hall–Kier alpha value is -1.31. The number of Topliss-reactive ketones (excluding diaryl/α,β-unsaturated/α-hetero) is 1. The molecule has 0 aromatic heterocycles. The van der Waals surface area contributed by atoms with Crippen LogP contribution < -0.4 is 4.74 Å². The Kier molecular flexibility index (Phi) is 4.35. The summed E-state index contributed by atoms with van der Waals surface area (Å²) in [5, 5.41) is 0. The van der Waals surface area contributed by atoms with Gasteiger partial charge in [-0.2, -0.15) is 0 Å². The SMILES string of the molecule is Cc1cccc(OCC(=O)CC(C)C)c1. The van der Waals surface area contributed by atoms with Crippen LogP contribution in [0.4, 0.5) is 0 Å². The number of benzene rings is 1. The summed E-state index contributed by atoms with van der Waals surface area (Å²) in [6.07, 6.45) is 0.589. The summed E-state index contributed by atoms with van der Waals surface area (Å²) >= 11 is 0. The predicted octanol–water partition coefficient (Wildman–Crippen LogP) is 2.99. The monoisotopic (exact) mass is 206 g/mol. The van der Waals surface area contributed by atoms with Crippen LogP contribution in [0.25, 0.3) is 0 Å². The lowest BCUT2D eigenvalue weighted by Gasteiger charge is -2.07. The Morgan fingerprint density at radius 2 is 2.13 bits per heavy atom. The molecular formula is C13H18O2. The average Bonchev–Trinajstić information content (AvgIpc) is 2.14. The van der Waals surface area contributed by atoms with E-state index in [1.807, 2.05) is 45.0 Å². The van der Waals surface area contributed by atoms with Crippen molar-refractivity contribution in [3.8, 4) is 5.75 Å². The van der Waals surface area contributed by atoms with Crippen molar-refractivity contribution in [3.63, 3.8) is 0 Å². The molecule has 0 saturated heterocycles. The van der Waals surface area contributed by atoms with E-state index in [2.05, 4.69) is 0 Å². The van der Waals surface area contributed by atoms with E-state index < -0.39 is 0 Å². The molecule has 0 aliphatic carbocycles. The van der Waals surface area contributed by atoms with Crippen LogP contribution >= 0.6 is 0 Å². The Labute approximate surface area is 91.3 Å². The molecule has 82 valence electrons. The first kappa shape index (κ1) is 11.8. The third kappa shape index (κ3) is 4.63. The van der Waals surface area contributed by atoms with Crippen molar-refractivity contribution in [1.29, 1.82) is 0 Å². The molecule has 0 aliphatic rings. The smallest absolute Gasteiger partial charge is 0.170 e. The molecule has 0 N–H and O–H groups in total. The Morgan fingerprint density at radius 3 is 2.73 bits per heavy atom. The van der Waals surface area contributed by atoms with Crippen molar-refractivity contribution in [2.45, 2.75) is 27.2 Å². The van der Waals surface area contributed by atoms with Crippen molar-refractivity contribution >= 4 is 5.78 Å². The fourth-order valence-corrected chi connectivity index (χ4v) is 1.38. The summed E-state index contributed by atoms with van der Waals surface area (Å²) in [4.78, 5) is 11.4. The van der Waals surface area contributed by atoms with Crippen LogP contribution in [0.3, 0.4) is 0 Å². The molecule has 2 nitrogen and oxygen atoms in total. The van der Waals surface area contributed by atoms with Crippen molar-refractivity contribution in [2.24, 2.45) is 5.92 Å². The van der Waals surface area contributed by atoms with Crippen LogP contribution in [0.1, 0.15) is 25.8 Å². The highest BCUT2D eigenvalue weighted by Gasteiger charge is 2.05. The second kappa shape index (κ2) is 5.54. The molecular weight excluding hydrogens is 188 g/mol. The minimum Gasteiger partial charge on any atom is -0.486 e. The van der Waals surface area contributed by atoms with Crippen LogP contribution in [0, 0.1) is 12.8 Å². The Bertz CT molecular complexity index is 329. The number of ether oxygens (including phenoxy) is 1. The maximum absolute atomic E-state index is 11.4. The summed E-state index contributed by atoms with van der Waals surface area (Å²) in [7, 11) is 0. The maximum Gasteiger partial charge on any atom is 0.170 e. The molecule has 0 aliphatic heterocycles. The van der Waals surface area contributed by atoms with Crippen molar-refractivity contribution < 1.29 is 9.53 Å². The largest absolute Gasteiger partial charge is 0.486 e. The number of hydrogen-bond donors (Lipinski definition) is 0. The molecule has 15 heavy (non-hydrogen) atoms. The van der Waals surface area contributed by atoms with Gasteiger partial charge in [0.1, 0.15) is 12.4 Å². The number of ketones is 1. The van der Waals surface area contributed by atoms with Gasteiger partial charge in [-0.3, -0.25) is 4.79 Å². The van der Waals surface area contributed by atoms with E-state index in [4.69, 9.17) is 4.74 Å². The highest BCUT2D eigenvalue weighted by Crippen LogP contribution is 2.12. The number of hydrogen-bond acceptors (Lipinski definition) is 2. The highest BCUT2D eigenvalue weighted by atomic mass is 16.5. The van der Waals surface area contributed by atoms with Crippen LogP contribution in [0.5, 0.6) is 5.75 Å². The first-order valence-electron chi connectivity index (χ1n) is 5.29. The first-order valence-corrected chi connectivity index (χ1v) is 5.29. The lowest BCUT2D eigenvalue weighted by atomic mass is 10.1. The first-order chi connectivity index (χ1) is 7.08. The maximum atomic E-state index is 11.4. The Balaban J connectivity index is 2.40. The van der Waals surface area contributed by atoms with Gasteiger partial charge in [0, 0.05) is 6.42 Å². The van der Waals surface area contributed by atoms with Crippen LogP contribution in [0.2, 0.25) is 0 Å². The lowest BCUT2D eigenvalue weighted by Crippen LogP contribution is -2.13. The molecule has 1 aromatic carbocycles. The third-order valence-electron chi connectivity index (χ3n) is 2.03. The molecule has 0 unspecified atom stereocenters. The van der Waals surface area contributed by atoms with Gasteiger partial charge in [-0.25, -0.2) is 0 Å². The number of carbonyl (C=O) groups is 1. The summed E-state index contributed by atoms with van der Waals surface area (Å²) < 4.78 is 5.40. The molecule has 0 radical (unpaired) electrons. The molecule has 0 fully saturated rings. The standard InChI is InChI=1S/C13H18O2/c1-10(2)7-12(14)9-15-13-6-4-5-11(3)8-13/h4-6,8,10H,7,9H2,1-3H3. The second-order valence-electron chi connectivity index (χ2n) is 4.24. The molecule has 0 amide bonds. The van der Waals surface area contributed by atoms with Gasteiger partial charge in [0.15, 0.2) is 5.78 Å². The molecule has 2 heteroatoms. The van der Waals surface area contributed by atoms with Gasteiger partial charge in [0.2, 0.25) is 0 Å². The van der Waals surface area contributed by atoms with Gasteiger partial charge < -0.3 is 4.74 Å². The average molecular weight is 206 g/mol. The van der Waals surface area contributed by atoms with E-state index in [9.17, 15) is 4.79 Å². The zero-order valence-corrected chi connectivity index (χ0v) is 9.62. The van der Waals surface area contributed by atoms with Gasteiger partial charge in [0.25, 0.3) is 0 Å². The molecule has 0 heterocycles. The van der Waals surface area contributed by atoms with E-state index >= 15 is 0 Å². The third-order valence-corrected chi connectivity index (χ3v) is 2.03. The Morgan fingerprint density at radius 1 is 1.40 bits per heavy atom. The van der Waals surface area contributed by atoms with Gasteiger partial charge in [-0.1, -0.05) is 26.0 Å². The van der Waals surface area contributed by atoms with Gasteiger partial charge in [0.05, 0.1) is 0 Å². The van der Waals surface area contributed by atoms with Crippen LogP contribution in [-0.4, -0.2) is 12.4 Å².